The van der Waals surface area contributed by atoms with Gasteiger partial charge in [0.25, 0.3) is 0 Å². The number of ether oxygens (including phenoxy) is 1. The van der Waals surface area contributed by atoms with Crippen LogP contribution in [0.25, 0.3) is 0 Å². The normalized spacial score (nSPS) is 32.7. The zero-order valence-electron chi connectivity index (χ0n) is 15.4. The Balaban J connectivity index is 2.19. The molecule has 2 N–H and O–H groups in total. The first-order valence-electron chi connectivity index (χ1n) is 9.74. The van der Waals surface area contributed by atoms with Crippen molar-refractivity contribution in [3.8, 4) is 0 Å². The molecule has 0 heterocycles. The Morgan fingerprint density at radius 2 is 2.08 bits per heavy atom. The predicted molar refractivity (Wildman–Crippen MR) is 95.0 cm³/mol. The molecule has 5 heteroatoms. The third kappa shape index (κ3) is 4.43. The molecule has 0 aromatic carbocycles. The third-order valence-corrected chi connectivity index (χ3v) is 5.95. The van der Waals surface area contributed by atoms with Gasteiger partial charge in [0.05, 0.1) is 12.0 Å². The van der Waals surface area contributed by atoms with E-state index in [0.717, 1.165) is 38.5 Å². The van der Waals surface area contributed by atoms with Crippen LogP contribution < -0.4 is 0 Å². The maximum atomic E-state index is 11.9. The van der Waals surface area contributed by atoms with Crippen LogP contribution in [-0.2, 0) is 14.3 Å². The molecular formula is C20H32O5. The van der Waals surface area contributed by atoms with Gasteiger partial charge in [-0.2, -0.15) is 0 Å². The van der Waals surface area contributed by atoms with Crippen LogP contribution in [-0.4, -0.2) is 34.4 Å². The van der Waals surface area contributed by atoms with Crippen molar-refractivity contribution in [3.63, 3.8) is 0 Å². The lowest BCUT2D eigenvalue weighted by atomic mass is 9.77. The van der Waals surface area contributed by atoms with Crippen molar-refractivity contribution in [2.45, 2.75) is 83.8 Å². The fourth-order valence-electron chi connectivity index (χ4n) is 4.60. The third-order valence-electron chi connectivity index (χ3n) is 5.95. The summed E-state index contributed by atoms with van der Waals surface area (Å²) in [6.45, 7) is 3.85. The number of unbranched alkanes of at least 4 members (excludes halogenated alkanes) is 2. The molecule has 0 aromatic heterocycles. The Morgan fingerprint density at radius 3 is 2.72 bits per heavy atom. The van der Waals surface area contributed by atoms with E-state index in [4.69, 9.17) is 4.74 Å². The van der Waals surface area contributed by atoms with Gasteiger partial charge in [-0.1, -0.05) is 51.7 Å². The van der Waals surface area contributed by atoms with Gasteiger partial charge in [0.15, 0.2) is 0 Å². The minimum absolute atomic E-state index is 0.211. The van der Waals surface area contributed by atoms with E-state index >= 15 is 0 Å². The number of aliphatic hydroxyl groups is 1. The smallest absolute Gasteiger partial charge is 0.310 e. The van der Waals surface area contributed by atoms with Crippen LogP contribution in [0.4, 0.5) is 0 Å². The van der Waals surface area contributed by atoms with Crippen LogP contribution in [0.15, 0.2) is 12.2 Å². The number of fused-ring (bicyclic) bond motifs is 1. The van der Waals surface area contributed by atoms with Crippen molar-refractivity contribution >= 4 is 11.9 Å². The van der Waals surface area contributed by atoms with Crippen LogP contribution >= 0.6 is 0 Å². The number of carbonyl (C=O) groups excluding carboxylic acids is 1. The number of aliphatic carboxylic acids is 1. The Bertz CT molecular complexity index is 500. The quantitative estimate of drug-likeness (QED) is 0.375. The summed E-state index contributed by atoms with van der Waals surface area (Å²) in [6, 6.07) is 0. The van der Waals surface area contributed by atoms with Crippen molar-refractivity contribution in [2.24, 2.45) is 17.3 Å². The highest BCUT2D eigenvalue weighted by atomic mass is 16.5. The number of rotatable bonds is 9. The van der Waals surface area contributed by atoms with Gasteiger partial charge >= 0.3 is 11.9 Å². The molecule has 2 saturated carbocycles. The summed E-state index contributed by atoms with van der Waals surface area (Å²) in [5, 5.41) is 19.8. The monoisotopic (exact) mass is 352 g/mol. The second kappa shape index (κ2) is 8.84. The number of aliphatic hydroxyl groups excluding tert-OH is 1. The Hall–Kier alpha value is -1.36. The van der Waals surface area contributed by atoms with Crippen LogP contribution in [0.2, 0.25) is 0 Å². The van der Waals surface area contributed by atoms with Gasteiger partial charge in [-0.25, -0.2) is 0 Å². The molecule has 0 amide bonds. The van der Waals surface area contributed by atoms with Crippen molar-refractivity contribution in [1.29, 1.82) is 0 Å². The largest absolute Gasteiger partial charge is 0.481 e. The van der Waals surface area contributed by atoms with Gasteiger partial charge in [-0.3, -0.25) is 9.59 Å². The second-order valence-corrected chi connectivity index (χ2v) is 7.57. The highest BCUT2D eigenvalue weighted by Crippen LogP contribution is 2.58. The molecule has 1 unspecified atom stereocenters. The van der Waals surface area contributed by atoms with Crippen LogP contribution in [0.5, 0.6) is 0 Å². The number of carbonyl (C=O) groups is 2. The van der Waals surface area contributed by atoms with Gasteiger partial charge in [-0.15, -0.1) is 0 Å². The van der Waals surface area contributed by atoms with E-state index in [9.17, 15) is 19.8 Å². The van der Waals surface area contributed by atoms with E-state index in [2.05, 4.69) is 6.92 Å². The van der Waals surface area contributed by atoms with Crippen molar-refractivity contribution < 1.29 is 24.5 Å². The van der Waals surface area contributed by atoms with Gasteiger partial charge in [0, 0.05) is 11.8 Å². The fraction of sp³-hybridized carbons (Fsp3) is 0.800. The molecule has 0 radical (unpaired) electrons. The molecule has 0 spiro atoms. The molecular weight excluding hydrogens is 320 g/mol. The summed E-state index contributed by atoms with van der Waals surface area (Å²) >= 11 is 0. The minimum Gasteiger partial charge on any atom is -0.481 e. The van der Waals surface area contributed by atoms with E-state index in [1.807, 2.05) is 12.2 Å². The average molecular weight is 352 g/mol. The Kier molecular flexibility index (Phi) is 7.05. The molecule has 5 atom stereocenters. The lowest BCUT2D eigenvalue weighted by molar-refractivity contribution is -0.161. The molecule has 2 rings (SSSR count). The van der Waals surface area contributed by atoms with Gasteiger partial charge < -0.3 is 14.9 Å². The van der Waals surface area contributed by atoms with E-state index in [-0.39, 0.29) is 18.3 Å². The highest BCUT2D eigenvalue weighted by Gasteiger charge is 2.59. The molecule has 2 aliphatic rings. The molecule has 0 bridgehead atoms. The van der Waals surface area contributed by atoms with Crippen molar-refractivity contribution in [2.75, 3.05) is 0 Å². The molecule has 0 saturated heterocycles. The Labute approximate surface area is 150 Å². The van der Waals surface area contributed by atoms with Crippen LogP contribution in [0.3, 0.4) is 0 Å². The highest BCUT2D eigenvalue weighted by molar-refractivity contribution is 5.74. The topological polar surface area (TPSA) is 83.8 Å². The summed E-state index contributed by atoms with van der Waals surface area (Å²) in [5.41, 5.74) is -0.431. The molecule has 0 aromatic rings. The standard InChI is InChI=1S/C20H32O5/c1-3-5-6-9-15(21)10-12-20-11-7-8-14(20)13-16(19(23)24)18(20)25-17(22)4-2/h10,12,14-16,18,21H,3-9,11,13H2,1-2H3,(H,23,24)/t14-,15?,16-,18+,20-/m0/s1. The SMILES string of the molecule is CCCCCC(O)C=C[C@@]12CCC[C@H]1C[C@H](C(=O)O)[C@H]2OC(=O)CC. The first-order chi connectivity index (χ1) is 11.9. The number of carboxylic acids is 1. The van der Waals surface area contributed by atoms with E-state index in [0.29, 0.717) is 12.8 Å². The zero-order chi connectivity index (χ0) is 18.4. The first-order valence-corrected chi connectivity index (χ1v) is 9.74. The second-order valence-electron chi connectivity index (χ2n) is 7.57. The Morgan fingerprint density at radius 1 is 1.32 bits per heavy atom. The fourth-order valence-corrected chi connectivity index (χ4v) is 4.60. The van der Waals surface area contributed by atoms with Crippen molar-refractivity contribution in [1.82, 2.24) is 0 Å². The molecule has 0 aliphatic heterocycles. The van der Waals surface area contributed by atoms with Gasteiger partial charge in [0.2, 0.25) is 0 Å². The summed E-state index contributed by atoms with van der Waals surface area (Å²) in [6.07, 6.45) is 10.1. The maximum Gasteiger partial charge on any atom is 0.310 e. The summed E-state index contributed by atoms with van der Waals surface area (Å²) in [7, 11) is 0. The lowest BCUT2D eigenvalue weighted by Gasteiger charge is -2.33. The van der Waals surface area contributed by atoms with E-state index < -0.39 is 29.5 Å². The summed E-state index contributed by atoms with van der Waals surface area (Å²) in [4.78, 5) is 23.6. The number of carboxylic acid groups (broad SMARTS) is 1. The predicted octanol–water partition coefficient (Wildman–Crippen LogP) is 3.70. The maximum absolute atomic E-state index is 11.9. The molecule has 142 valence electrons. The van der Waals surface area contributed by atoms with Crippen LogP contribution in [0.1, 0.15) is 71.6 Å². The first kappa shape index (κ1) is 20.0. The number of hydrogen-bond acceptors (Lipinski definition) is 4. The van der Waals surface area contributed by atoms with Gasteiger partial charge in [0.1, 0.15) is 6.10 Å². The summed E-state index contributed by atoms with van der Waals surface area (Å²) < 4.78 is 5.63. The molecule has 5 nitrogen and oxygen atoms in total. The van der Waals surface area contributed by atoms with E-state index in [1.54, 1.807) is 6.92 Å². The van der Waals surface area contributed by atoms with Crippen LogP contribution in [0, 0.1) is 17.3 Å². The zero-order valence-corrected chi connectivity index (χ0v) is 15.4. The summed E-state index contributed by atoms with van der Waals surface area (Å²) in [5.74, 6) is -1.68. The van der Waals surface area contributed by atoms with Crippen molar-refractivity contribution in [3.05, 3.63) is 12.2 Å². The molecule has 25 heavy (non-hydrogen) atoms. The number of esters is 1. The molecule has 2 fully saturated rings. The van der Waals surface area contributed by atoms with E-state index in [1.165, 1.54) is 0 Å². The molecule has 2 aliphatic carbocycles. The number of hydrogen-bond donors (Lipinski definition) is 2. The van der Waals surface area contributed by atoms with Gasteiger partial charge in [-0.05, 0) is 31.6 Å². The average Bonchev–Trinajstić information content (AvgIpc) is 3.11. The lowest BCUT2D eigenvalue weighted by Crippen LogP contribution is -2.39. The minimum atomic E-state index is -0.889.